The van der Waals surface area contributed by atoms with Gasteiger partial charge in [-0.15, -0.1) is 0 Å². The van der Waals surface area contributed by atoms with Crippen LogP contribution >= 0.6 is 0 Å². The van der Waals surface area contributed by atoms with Crippen molar-refractivity contribution in [2.24, 2.45) is 0 Å². The summed E-state index contributed by atoms with van der Waals surface area (Å²) in [6.07, 6.45) is 2.24. The fourth-order valence-electron chi connectivity index (χ4n) is 3.62. The number of likely N-dealkylation sites (tertiary alicyclic amines) is 1. The molecule has 2 aliphatic rings. The number of carbonyl (C=O) groups excluding carboxylic acids is 1. The molecule has 6 nitrogen and oxygen atoms in total. The van der Waals surface area contributed by atoms with Crippen molar-refractivity contribution in [2.45, 2.75) is 24.0 Å². The van der Waals surface area contributed by atoms with E-state index in [4.69, 9.17) is 9.15 Å². The van der Waals surface area contributed by atoms with Crippen LogP contribution in [0.15, 0.2) is 41.3 Å². The van der Waals surface area contributed by atoms with Gasteiger partial charge >= 0.3 is 0 Å². The molecule has 1 aromatic carbocycles. The summed E-state index contributed by atoms with van der Waals surface area (Å²) in [4.78, 5) is 17.8. The molecule has 0 bridgehead atoms. The molecule has 1 spiro atoms. The monoisotopic (exact) mass is 332 g/mol. The molecule has 4 rings (SSSR count). The van der Waals surface area contributed by atoms with Gasteiger partial charge in [0.1, 0.15) is 23.8 Å². The van der Waals surface area contributed by atoms with Crippen LogP contribution in [-0.4, -0.2) is 52.3 Å². The van der Waals surface area contributed by atoms with Gasteiger partial charge in [-0.25, -0.2) is 9.37 Å². The maximum atomic E-state index is 13.4. The van der Waals surface area contributed by atoms with Crippen LogP contribution in [0.3, 0.4) is 0 Å². The van der Waals surface area contributed by atoms with E-state index in [0.29, 0.717) is 13.0 Å². The molecule has 126 valence electrons. The molecule has 0 aliphatic carbocycles. The fourth-order valence-corrected chi connectivity index (χ4v) is 3.62. The quantitative estimate of drug-likeness (QED) is 0.903. The normalized spacial score (nSPS) is 29.5. The van der Waals surface area contributed by atoms with E-state index in [1.165, 1.54) is 29.7 Å². The minimum Gasteiger partial charge on any atom is -0.451 e. The first-order valence-corrected chi connectivity index (χ1v) is 7.82. The summed E-state index contributed by atoms with van der Waals surface area (Å²) in [5, 5.41) is 10.5. The van der Waals surface area contributed by atoms with Gasteiger partial charge in [-0.3, -0.25) is 4.79 Å². The maximum Gasteiger partial charge on any atom is 0.275 e. The highest BCUT2D eigenvalue weighted by atomic mass is 19.1. The minimum absolute atomic E-state index is 0.00236. The zero-order valence-corrected chi connectivity index (χ0v) is 12.9. The number of halogens is 1. The average molecular weight is 332 g/mol. The summed E-state index contributed by atoms with van der Waals surface area (Å²) in [5.41, 5.74) is 0.246. The molecule has 7 heteroatoms. The Morgan fingerprint density at radius 3 is 3.08 bits per heavy atom. The molecule has 1 aromatic heterocycles. The van der Waals surface area contributed by atoms with Gasteiger partial charge in [-0.1, -0.05) is 12.1 Å². The zero-order chi connectivity index (χ0) is 16.7. The highest BCUT2D eigenvalue weighted by molar-refractivity contribution is 5.92. The van der Waals surface area contributed by atoms with Gasteiger partial charge in [0.15, 0.2) is 12.1 Å². The van der Waals surface area contributed by atoms with Crippen LogP contribution in [0.1, 0.15) is 28.4 Å². The van der Waals surface area contributed by atoms with E-state index in [-0.39, 0.29) is 36.4 Å². The number of hydrogen-bond donors (Lipinski definition) is 1. The third kappa shape index (κ3) is 2.50. The Bertz CT molecular complexity index is 751. The molecular weight excluding hydrogens is 315 g/mol. The summed E-state index contributed by atoms with van der Waals surface area (Å²) in [5.74, 6) is -0.585. The van der Waals surface area contributed by atoms with E-state index in [0.717, 1.165) is 5.56 Å². The zero-order valence-electron chi connectivity index (χ0n) is 12.9. The van der Waals surface area contributed by atoms with Crippen molar-refractivity contribution in [3.05, 3.63) is 54.0 Å². The average Bonchev–Trinajstić information content (AvgIpc) is 3.30. The number of hydrogen-bond acceptors (Lipinski definition) is 5. The Hall–Kier alpha value is -2.25. The summed E-state index contributed by atoms with van der Waals surface area (Å²) < 4.78 is 24.2. The largest absolute Gasteiger partial charge is 0.451 e. The van der Waals surface area contributed by atoms with Gasteiger partial charge in [-0.05, 0) is 24.1 Å². The van der Waals surface area contributed by atoms with E-state index in [2.05, 4.69) is 4.98 Å². The van der Waals surface area contributed by atoms with E-state index in [1.54, 1.807) is 6.07 Å². The number of carbonyl (C=O) groups is 1. The van der Waals surface area contributed by atoms with Crippen molar-refractivity contribution in [1.82, 2.24) is 9.88 Å². The third-order valence-electron chi connectivity index (χ3n) is 4.88. The van der Waals surface area contributed by atoms with Gasteiger partial charge in [0.25, 0.3) is 5.91 Å². The lowest BCUT2D eigenvalue weighted by Crippen LogP contribution is -2.41. The molecule has 1 amide bonds. The van der Waals surface area contributed by atoms with E-state index in [9.17, 15) is 14.3 Å². The SMILES string of the molecule is O=C(c1cocn1)N1C[C@@H](O)[C@@]2(C[C@@H](c3cccc(F)c3)CO2)C1. The number of rotatable bonds is 2. The Morgan fingerprint density at radius 1 is 1.46 bits per heavy atom. The second kappa shape index (κ2) is 5.68. The smallest absolute Gasteiger partial charge is 0.275 e. The Labute approximate surface area is 137 Å². The number of nitrogens with zero attached hydrogens (tertiary/aromatic N) is 2. The highest BCUT2D eigenvalue weighted by Crippen LogP contribution is 2.42. The van der Waals surface area contributed by atoms with Crippen LogP contribution in [0, 0.1) is 5.82 Å². The molecule has 0 radical (unpaired) electrons. The number of benzene rings is 1. The van der Waals surface area contributed by atoms with Crippen molar-refractivity contribution in [3.8, 4) is 0 Å². The molecule has 2 fully saturated rings. The summed E-state index contributed by atoms with van der Waals surface area (Å²) in [6, 6.07) is 6.42. The lowest BCUT2D eigenvalue weighted by atomic mass is 9.87. The summed E-state index contributed by atoms with van der Waals surface area (Å²) in [7, 11) is 0. The molecule has 0 saturated carbocycles. The minimum atomic E-state index is -0.809. The summed E-state index contributed by atoms with van der Waals surface area (Å²) in [6.45, 7) is 0.861. The van der Waals surface area contributed by atoms with Crippen LogP contribution in [0.2, 0.25) is 0 Å². The number of aliphatic hydroxyl groups excluding tert-OH is 1. The Kier molecular flexibility index (Phi) is 3.62. The van der Waals surface area contributed by atoms with Gasteiger partial charge in [0.05, 0.1) is 13.2 Å². The second-order valence-corrected chi connectivity index (χ2v) is 6.41. The molecular formula is C17H17FN2O4. The first-order chi connectivity index (χ1) is 11.6. The molecule has 2 aliphatic heterocycles. The summed E-state index contributed by atoms with van der Waals surface area (Å²) >= 11 is 0. The van der Waals surface area contributed by atoms with Crippen molar-refractivity contribution in [3.63, 3.8) is 0 Å². The molecule has 3 atom stereocenters. The van der Waals surface area contributed by atoms with Crippen molar-refractivity contribution in [2.75, 3.05) is 19.7 Å². The first-order valence-electron chi connectivity index (χ1n) is 7.82. The molecule has 2 saturated heterocycles. The fraction of sp³-hybridized carbons (Fsp3) is 0.412. The number of amides is 1. The van der Waals surface area contributed by atoms with Crippen molar-refractivity contribution in [1.29, 1.82) is 0 Å². The van der Waals surface area contributed by atoms with E-state index < -0.39 is 11.7 Å². The predicted molar refractivity (Wildman–Crippen MR) is 80.9 cm³/mol. The molecule has 2 aromatic rings. The van der Waals surface area contributed by atoms with E-state index >= 15 is 0 Å². The lowest BCUT2D eigenvalue weighted by molar-refractivity contribution is -0.0591. The Balaban J connectivity index is 1.51. The maximum absolute atomic E-state index is 13.4. The number of oxazole rings is 1. The predicted octanol–water partition coefficient (Wildman–Crippen LogP) is 1.57. The molecule has 1 N–H and O–H groups in total. The van der Waals surface area contributed by atoms with Crippen LogP contribution in [0.5, 0.6) is 0 Å². The number of ether oxygens (including phenoxy) is 1. The van der Waals surface area contributed by atoms with Crippen LogP contribution < -0.4 is 0 Å². The van der Waals surface area contributed by atoms with Gasteiger partial charge < -0.3 is 19.2 Å². The van der Waals surface area contributed by atoms with Gasteiger partial charge in [-0.2, -0.15) is 0 Å². The van der Waals surface area contributed by atoms with Gasteiger partial charge in [0, 0.05) is 12.5 Å². The topological polar surface area (TPSA) is 75.8 Å². The number of aromatic nitrogens is 1. The number of β-amino-alcohol motifs (C(OH)–C–C–N with tert-alkyl or cyclic N) is 1. The highest BCUT2D eigenvalue weighted by Gasteiger charge is 2.53. The van der Waals surface area contributed by atoms with Crippen LogP contribution in [0.25, 0.3) is 0 Å². The van der Waals surface area contributed by atoms with E-state index in [1.807, 2.05) is 6.07 Å². The lowest BCUT2D eigenvalue weighted by Gasteiger charge is -2.25. The third-order valence-corrected chi connectivity index (χ3v) is 4.88. The Morgan fingerprint density at radius 2 is 2.33 bits per heavy atom. The molecule has 3 heterocycles. The van der Waals surface area contributed by atoms with Crippen molar-refractivity contribution >= 4 is 5.91 Å². The van der Waals surface area contributed by atoms with Crippen LogP contribution in [0.4, 0.5) is 4.39 Å². The standard InChI is InChI=1S/C17H17FN2O4/c18-13-3-1-2-11(4-13)12-5-17(24-7-12)9-20(6-15(17)21)16(22)14-8-23-10-19-14/h1-4,8,10,12,15,21H,5-7,9H2/t12-,15-,17-/m1/s1. The molecule has 24 heavy (non-hydrogen) atoms. The van der Waals surface area contributed by atoms with Crippen molar-refractivity contribution < 1.29 is 23.4 Å². The van der Waals surface area contributed by atoms with Crippen LogP contribution in [-0.2, 0) is 4.74 Å². The number of aliphatic hydroxyl groups is 1. The first kappa shape index (κ1) is 15.3. The second-order valence-electron chi connectivity index (χ2n) is 6.41. The molecule has 0 unspecified atom stereocenters. The van der Waals surface area contributed by atoms with Gasteiger partial charge in [0.2, 0.25) is 0 Å².